The number of benzene rings is 1. The summed E-state index contributed by atoms with van der Waals surface area (Å²) in [5.74, 6) is 1.62. The normalized spacial score (nSPS) is 26.6. The second-order valence-corrected chi connectivity index (χ2v) is 6.36. The Hall–Kier alpha value is -1.79. The Kier molecular flexibility index (Phi) is 5.26. The number of likely N-dealkylation sites (tertiary alicyclic amines) is 1. The van der Waals surface area contributed by atoms with E-state index in [1.165, 1.54) is 0 Å². The average molecular weight is 334 g/mol. The lowest BCUT2D eigenvalue weighted by Crippen LogP contribution is -2.39. The van der Waals surface area contributed by atoms with Crippen molar-refractivity contribution in [3.05, 3.63) is 23.8 Å². The summed E-state index contributed by atoms with van der Waals surface area (Å²) in [4.78, 5) is 14.9. The molecular weight excluding hydrogens is 308 g/mol. The van der Waals surface area contributed by atoms with Crippen LogP contribution in [0.5, 0.6) is 11.5 Å². The summed E-state index contributed by atoms with van der Waals surface area (Å²) in [5, 5.41) is 0. The fourth-order valence-electron chi connectivity index (χ4n) is 3.70. The molecule has 6 nitrogen and oxygen atoms in total. The van der Waals surface area contributed by atoms with Gasteiger partial charge in [0.2, 0.25) is 0 Å². The fourth-order valence-corrected chi connectivity index (χ4v) is 3.70. The molecule has 24 heavy (non-hydrogen) atoms. The van der Waals surface area contributed by atoms with Crippen molar-refractivity contribution in [1.29, 1.82) is 0 Å². The van der Waals surface area contributed by atoms with Crippen molar-refractivity contribution in [2.24, 2.45) is 5.73 Å². The standard InChI is InChI=1S/C18H26N2O4/c1-22-12-5-7-16(23-2)14(10-12)15-4-3-9-20(15)18(21)17-8-6-13(11-19)24-17/h5,7,10,13,15,17H,3-4,6,8-9,11,19H2,1-2H3/t13-,15?,17+/m1/s1. The van der Waals surface area contributed by atoms with Crippen molar-refractivity contribution >= 4 is 5.91 Å². The van der Waals surface area contributed by atoms with Gasteiger partial charge in [-0.15, -0.1) is 0 Å². The van der Waals surface area contributed by atoms with Crippen LogP contribution in [0, 0.1) is 0 Å². The van der Waals surface area contributed by atoms with Crippen LogP contribution in [-0.4, -0.2) is 50.3 Å². The maximum absolute atomic E-state index is 12.9. The summed E-state index contributed by atoms with van der Waals surface area (Å²) in [5.41, 5.74) is 6.65. The summed E-state index contributed by atoms with van der Waals surface area (Å²) >= 11 is 0. The number of ether oxygens (including phenoxy) is 3. The highest BCUT2D eigenvalue weighted by Gasteiger charge is 2.38. The molecule has 2 saturated heterocycles. The molecule has 1 unspecified atom stereocenters. The Bertz CT molecular complexity index is 592. The minimum Gasteiger partial charge on any atom is -0.497 e. The van der Waals surface area contributed by atoms with E-state index in [-0.39, 0.29) is 24.2 Å². The number of carbonyl (C=O) groups is 1. The number of hydrogen-bond acceptors (Lipinski definition) is 5. The lowest BCUT2D eigenvalue weighted by Gasteiger charge is -2.28. The molecule has 2 fully saturated rings. The van der Waals surface area contributed by atoms with Gasteiger partial charge in [-0.2, -0.15) is 0 Å². The molecule has 1 amide bonds. The average Bonchev–Trinajstić information content (AvgIpc) is 3.29. The smallest absolute Gasteiger partial charge is 0.252 e. The zero-order valence-electron chi connectivity index (χ0n) is 14.4. The van der Waals surface area contributed by atoms with E-state index in [1.807, 2.05) is 23.1 Å². The molecule has 2 aliphatic heterocycles. The van der Waals surface area contributed by atoms with Crippen LogP contribution in [0.4, 0.5) is 0 Å². The summed E-state index contributed by atoms with van der Waals surface area (Å²) < 4.78 is 16.6. The van der Waals surface area contributed by atoms with Gasteiger partial charge in [-0.25, -0.2) is 0 Å². The molecule has 0 saturated carbocycles. The Morgan fingerprint density at radius 2 is 2.12 bits per heavy atom. The van der Waals surface area contributed by atoms with Crippen LogP contribution in [0.3, 0.4) is 0 Å². The topological polar surface area (TPSA) is 74.0 Å². The molecule has 1 aromatic carbocycles. The molecule has 1 aromatic rings. The molecule has 6 heteroatoms. The molecule has 0 spiro atoms. The van der Waals surface area contributed by atoms with Crippen LogP contribution in [0.25, 0.3) is 0 Å². The minimum absolute atomic E-state index is 0.00285. The van der Waals surface area contributed by atoms with Crippen LogP contribution in [0.15, 0.2) is 18.2 Å². The molecule has 0 radical (unpaired) electrons. The van der Waals surface area contributed by atoms with Crippen molar-refractivity contribution in [2.75, 3.05) is 27.3 Å². The Morgan fingerprint density at radius 3 is 2.79 bits per heavy atom. The number of methoxy groups -OCH3 is 2. The van der Waals surface area contributed by atoms with Crippen molar-refractivity contribution in [2.45, 2.75) is 43.9 Å². The summed E-state index contributed by atoms with van der Waals surface area (Å²) in [6, 6.07) is 5.73. The quantitative estimate of drug-likeness (QED) is 0.890. The van der Waals surface area contributed by atoms with Crippen molar-refractivity contribution in [3.63, 3.8) is 0 Å². The lowest BCUT2D eigenvalue weighted by atomic mass is 10.0. The van der Waals surface area contributed by atoms with Gasteiger partial charge < -0.3 is 24.8 Å². The molecule has 0 aliphatic carbocycles. The molecule has 132 valence electrons. The molecule has 2 aliphatic rings. The maximum Gasteiger partial charge on any atom is 0.252 e. The first-order valence-electron chi connectivity index (χ1n) is 8.55. The maximum atomic E-state index is 12.9. The summed E-state index contributed by atoms with van der Waals surface area (Å²) in [6.07, 6.45) is 3.14. The number of carbonyl (C=O) groups excluding carboxylic acids is 1. The van der Waals surface area contributed by atoms with Gasteiger partial charge in [0.1, 0.15) is 17.6 Å². The molecular formula is C18H26N2O4. The monoisotopic (exact) mass is 334 g/mol. The number of rotatable bonds is 5. The first kappa shape index (κ1) is 17.0. The van der Waals surface area contributed by atoms with E-state index in [4.69, 9.17) is 19.9 Å². The first-order valence-corrected chi connectivity index (χ1v) is 8.55. The number of amides is 1. The van der Waals surface area contributed by atoms with Gasteiger partial charge in [-0.05, 0) is 43.9 Å². The van der Waals surface area contributed by atoms with Crippen LogP contribution in [0.1, 0.15) is 37.3 Å². The fraction of sp³-hybridized carbons (Fsp3) is 0.611. The molecule has 2 N–H and O–H groups in total. The predicted octanol–water partition coefficient (Wildman–Crippen LogP) is 1.87. The van der Waals surface area contributed by atoms with Gasteiger partial charge in [0.25, 0.3) is 5.91 Å². The van der Waals surface area contributed by atoms with E-state index in [2.05, 4.69) is 0 Å². The van der Waals surface area contributed by atoms with Crippen LogP contribution in [-0.2, 0) is 9.53 Å². The van der Waals surface area contributed by atoms with E-state index in [1.54, 1.807) is 14.2 Å². The van der Waals surface area contributed by atoms with Crippen molar-refractivity contribution < 1.29 is 19.0 Å². The van der Waals surface area contributed by atoms with Gasteiger partial charge in [-0.1, -0.05) is 0 Å². The number of hydrogen-bond donors (Lipinski definition) is 1. The molecule has 0 bridgehead atoms. The third-order valence-electron chi connectivity index (χ3n) is 4.98. The summed E-state index contributed by atoms with van der Waals surface area (Å²) in [7, 11) is 3.29. The Balaban J connectivity index is 1.82. The summed E-state index contributed by atoms with van der Waals surface area (Å²) in [6.45, 7) is 1.22. The number of nitrogens with zero attached hydrogens (tertiary/aromatic N) is 1. The largest absolute Gasteiger partial charge is 0.497 e. The second kappa shape index (κ2) is 7.40. The Labute approximate surface area is 142 Å². The molecule has 0 aromatic heterocycles. The predicted molar refractivity (Wildman–Crippen MR) is 90.2 cm³/mol. The molecule has 2 heterocycles. The Morgan fingerprint density at radius 1 is 1.29 bits per heavy atom. The first-order chi connectivity index (χ1) is 11.7. The highest BCUT2D eigenvalue weighted by molar-refractivity contribution is 5.82. The minimum atomic E-state index is -0.365. The highest BCUT2D eigenvalue weighted by Crippen LogP contribution is 2.40. The SMILES string of the molecule is COc1ccc(OC)c(C2CCCN2C(=O)[C@@H]2CC[C@H](CN)O2)c1. The van der Waals surface area contributed by atoms with Crippen LogP contribution in [0.2, 0.25) is 0 Å². The van der Waals surface area contributed by atoms with E-state index >= 15 is 0 Å². The van der Waals surface area contributed by atoms with Gasteiger partial charge in [0.05, 0.1) is 26.4 Å². The van der Waals surface area contributed by atoms with Gasteiger partial charge >= 0.3 is 0 Å². The van der Waals surface area contributed by atoms with Gasteiger partial charge in [-0.3, -0.25) is 4.79 Å². The lowest BCUT2D eigenvalue weighted by molar-refractivity contribution is -0.143. The van der Waals surface area contributed by atoms with E-state index in [0.717, 1.165) is 49.3 Å². The van der Waals surface area contributed by atoms with Gasteiger partial charge in [0, 0.05) is 18.7 Å². The van der Waals surface area contributed by atoms with Gasteiger partial charge in [0.15, 0.2) is 0 Å². The third-order valence-corrected chi connectivity index (χ3v) is 4.98. The third kappa shape index (κ3) is 3.21. The zero-order chi connectivity index (χ0) is 17.1. The van der Waals surface area contributed by atoms with E-state index < -0.39 is 0 Å². The van der Waals surface area contributed by atoms with Crippen LogP contribution < -0.4 is 15.2 Å². The molecule has 3 rings (SSSR count). The number of nitrogens with two attached hydrogens (primary N) is 1. The van der Waals surface area contributed by atoms with E-state index in [0.29, 0.717) is 6.54 Å². The van der Waals surface area contributed by atoms with Crippen LogP contribution >= 0.6 is 0 Å². The highest BCUT2D eigenvalue weighted by atomic mass is 16.5. The second-order valence-electron chi connectivity index (χ2n) is 6.36. The molecule has 3 atom stereocenters. The van der Waals surface area contributed by atoms with Crippen molar-refractivity contribution in [1.82, 2.24) is 4.90 Å². The zero-order valence-corrected chi connectivity index (χ0v) is 14.4. The van der Waals surface area contributed by atoms with Crippen molar-refractivity contribution in [3.8, 4) is 11.5 Å². The van der Waals surface area contributed by atoms with E-state index in [9.17, 15) is 4.79 Å².